The highest BCUT2D eigenvalue weighted by atomic mass is 15.1. The van der Waals surface area contributed by atoms with E-state index < -0.39 is 10.3 Å². The molecule has 0 aliphatic carbocycles. The maximum atomic E-state index is 6.99. The Balaban J connectivity index is 1.52. The van der Waals surface area contributed by atoms with Gasteiger partial charge in [-0.25, -0.2) is 4.98 Å². The van der Waals surface area contributed by atoms with E-state index in [0.29, 0.717) is 55.0 Å². The monoisotopic (exact) mass is 680 g/mol. The first kappa shape index (κ1) is 38.3. The van der Waals surface area contributed by atoms with E-state index in [9.17, 15) is 0 Å². The lowest BCUT2D eigenvalue weighted by atomic mass is 9.23. The van der Waals surface area contributed by atoms with Crippen LogP contribution in [0.4, 0.5) is 0 Å². The molecule has 0 aliphatic rings. The summed E-state index contributed by atoms with van der Waals surface area (Å²) in [6, 6.07) is 32.5. The molecule has 0 saturated heterocycles. The molecular weight excluding hydrogens is 661 g/mol. The van der Waals surface area contributed by atoms with E-state index in [1.807, 2.05) is 103 Å². The molecule has 1 aromatic heterocycles. The normalized spacial score (nSPS) is 12.1. The van der Waals surface area contributed by atoms with Crippen LogP contribution in [0.1, 0.15) is 5.82 Å². The Morgan fingerprint density at radius 3 is 1.38 bits per heavy atom. The average molecular weight is 678 g/mol. The molecule has 230 valence electrons. The topological polar surface area (TPSA) is 17.8 Å². The van der Waals surface area contributed by atoms with Gasteiger partial charge in [-0.2, -0.15) is 0 Å². The molecule has 56 heavy (non-hydrogen) atoms. The Hall–Kier alpha value is -4.63. The van der Waals surface area contributed by atoms with Gasteiger partial charge in [0.2, 0.25) is 0 Å². The van der Waals surface area contributed by atoms with Gasteiger partial charge in [0, 0.05) is 5.69 Å². The van der Waals surface area contributed by atoms with Crippen LogP contribution < -0.4 is 43.7 Å². The molecule has 2 nitrogen and oxygen atoms in total. The summed E-state index contributed by atoms with van der Waals surface area (Å²) in [5.74, 6) is 0.136. The molecule has 0 aliphatic heterocycles. The van der Waals surface area contributed by atoms with Crippen molar-refractivity contribution in [1.82, 2.24) is 9.55 Å². The Kier molecular flexibility index (Phi) is 9.42. The number of nitrogens with zero attached hydrogens (tertiary/aromatic N) is 2. The molecule has 0 amide bonds. The number of hydrogen-bond donors (Lipinski definition) is 0. The maximum Gasteiger partial charge on any atom is 0.113 e. The van der Waals surface area contributed by atoms with E-state index in [0.717, 1.165) is 16.7 Å². The lowest BCUT2D eigenvalue weighted by molar-refractivity contribution is 0.757. The fraction of sp³-hybridized carbons (Fsp3) is 0.0488. The number of aromatic nitrogens is 2. The molecule has 0 atom stereocenters. The zero-order valence-corrected chi connectivity index (χ0v) is 30.2. The van der Waals surface area contributed by atoms with E-state index in [1.54, 1.807) is 4.57 Å². The second-order valence-corrected chi connectivity index (χ2v) is 14.1. The summed E-state index contributed by atoms with van der Waals surface area (Å²) in [5.41, 5.74) is 7.46. The summed E-state index contributed by atoms with van der Waals surface area (Å²) >= 11 is 0. The van der Waals surface area contributed by atoms with Crippen molar-refractivity contribution in [2.75, 3.05) is 0 Å². The summed E-state index contributed by atoms with van der Waals surface area (Å²) in [5, 5.41) is -2.02. The molecule has 15 heteroatoms. The molecule has 0 unspecified atom stereocenters. The van der Waals surface area contributed by atoms with Crippen LogP contribution in [0.15, 0.2) is 103 Å². The molecule has 0 fully saturated rings. The summed E-state index contributed by atoms with van der Waals surface area (Å²) < 4.78 is 1.75. The van der Waals surface area contributed by atoms with Crippen molar-refractivity contribution >= 4 is 178 Å². The van der Waals surface area contributed by atoms with Gasteiger partial charge in [0.05, 0.1) is 50.3 Å². The molecule has 1 heterocycles. The fourth-order valence-electron chi connectivity index (χ4n) is 7.61. The number of benzene rings is 7. The van der Waals surface area contributed by atoms with Gasteiger partial charge < -0.3 is 0 Å². The lowest BCUT2D eigenvalue weighted by Gasteiger charge is -2.41. The van der Waals surface area contributed by atoms with Gasteiger partial charge in [-0.3, -0.25) is 4.57 Å². The zero-order chi connectivity index (χ0) is 40.0. The number of fused-ring (bicyclic) bond motifs is 3. The number of para-hydroxylation sites is 2. The lowest BCUT2D eigenvalue weighted by Crippen LogP contribution is -2.50. The third kappa shape index (κ3) is 5.70. The predicted molar refractivity (Wildman–Crippen MR) is 249 cm³/mol. The Labute approximate surface area is 344 Å². The zero-order valence-electron chi connectivity index (χ0n) is 30.2. The van der Waals surface area contributed by atoms with E-state index in [-0.39, 0.29) is 49.5 Å². The van der Waals surface area contributed by atoms with Crippen molar-refractivity contribution in [3.05, 3.63) is 109 Å². The van der Waals surface area contributed by atoms with Crippen molar-refractivity contribution < 1.29 is 0 Å². The van der Waals surface area contributed by atoms with Gasteiger partial charge in [-0.05, 0) is 79.2 Å². The first-order chi connectivity index (χ1) is 26.6. The highest BCUT2D eigenvalue weighted by Crippen LogP contribution is 2.44. The number of imidazole rings is 1. The Morgan fingerprint density at radius 1 is 0.411 bits per heavy atom. The molecule has 7 aromatic carbocycles. The molecule has 0 bridgehead atoms. The minimum absolute atomic E-state index is 0.107. The quantitative estimate of drug-likeness (QED) is 0.159. The van der Waals surface area contributed by atoms with E-state index >= 15 is 0 Å². The molecule has 8 aromatic rings. The van der Waals surface area contributed by atoms with Crippen LogP contribution in [0, 0.1) is 0 Å². The minimum Gasteiger partial charge on any atom is -0.297 e. The molecular formula is C41H17B13N2. The van der Waals surface area contributed by atoms with Gasteiger partial charge in [-0.15, -0.1) is 27.0 Å². The minimum atomic E-state index is -2.04. The third-order valence-corrected chi connectivity index (χ3v) is 10.7. The maximum absolute atomic E-state index is 6.99. The van der Waals surface area contributed by atoms with Gasteiger partial charge in [0.25, 0.3) is 0 Å². The number of hydrogen-bond acceptors (Lipinski definition) is 1. The van der Waals surface area contributed by atoms with Crippen LogP contribution in [0.3, 0.4) is 0 Å². The van der Waals surface area contributed by atoms with Crippen LogP contribution in [-0.4, -0.2) is 112 Å². The van der Waals surface area contributed by atoms with Crippen LogP contribution in [0.2, 0.25) is 5.11 Å². The van der Waals surface area contributed by atoms with Crippen molar-refractivity contribution in [3.63, 3.8) is 0 Å². The largest absolute Gasteiger partial charge is 0.297 e. The van der Waals surface area contributed by atoms with Crippen molar-refractivity contribution in [3.8, 4) is 39.1 Å². The summed E-state index contributed by atoms with van der Waals surface area (Å²) in [7, 11) is 85.7. The smallest absolute Gasteiger partial charge is 0.113 e. The second kappa shape index (κ2) is 13.8. The van der Waals surface area contributed by atoms with E-state index in [1.165, 1.54) is 0 Å². The average Bonchev–Trinajstić information content (AvgIpc) is 3.60. The standard InChI is InChI=1S/C41H17B13N2/c42-31-27-25(19-14-16-20(17-15-19)56-24-13-7-6-12-23(24)55-39(56)40(50,51)41(52,53)54)28-30(34(45)38(49)36(47)32(28)43)26(29(27)33(44)37(48)35(31)46)22-11-5-4-10-21(22)18-8-2-1-3-9-18/h1-17H. The molecule has 0 saturated carbocycles. The SMILES string of the molecule is [B]c1c([B])c([B])c2c(-c3ccccc3-c3ccccc3)c3c([B])c([B])c([B])c([B])c3c(-c3ccc(-n4c(C([B])([B])C([B])([B])[B])nc5ccccc54)cc3)c2c1[B]. The Bertz CT molecular complexity index is 2820. The summed E-state index contributed by atoms with van der Waals surface area (Å²) in [4.78, 5) is 4.70. The van der Waals surface area contributed by atoms with Gasteiger partial charge in [0.15, 0.2) is 0 Å². The molecule has 8 rings (SSSR count). The highest BCUT2D eigenvalue weighted by Gasteiger charge is 2.37. The van der Waals surface area contributed by atoms with E-state index in [2.05, 4.69) is 0 Å². The molecule has 0 spiro atoms. The van der Waals surface area contributed by atoms with E-state index in [4.69, 9.17) is 107 Å². The van der Waals surface area contributed by atoms with Gasteiger partial charge in [-0.1, -0.05) is 106 Å². The molecule has 26 radical (unpaired) electrons. The van der Waals surface area contributed by atoms with Crippen molar-refractivity contribution in [2.45, 2.75) is 10.3 Å². The van der Waals surface area contributed by atoms with Gasteiger partial charge in [0.1, 0.15) is 68.6 Å². The van der Waals surface area contributed by atoms with Crippen LogP contribution in [0.25, 0.3) is 71.6 Å². The van der Waals surface area contributed by atoms with Crippen LogP contribution in [0.5, 0.6) is 0 Å². The third-order valence-electron chi connectivity index (χ3n) is 10.7. The second-order valence-electron chi connectivity index (χ2n) is 14.1. The highest BCUT2D eigenvalue weighted by molar-refractivity contribution is 6.71. The van der Waals surface area contributed by atoms with Crippen molar-refractivity contribution in [1.29, 1.82) is 0 Å². The fourth-order valence-corrected chi connectivity index (χ4v) is 7.61. The van der Waals surface area contributed by atoms with Crippen LogP contribution in [-0.2, 0) is 5.21 Å². The first-order valence-corrected chi connectivity index (χ1v) is 17.5. The number of rotatable bonds is 6. The first-order valence-electron chi connectivity index (χ1n) is 17.5. The van der Waals surface area contributed by atoms with Crippen molar-refractivity contribution in [2.24, 2.45) is 0 Å². The van der Waals surface area contributed by atoms with Crippen LogP contribution >= 0.6 is 0 Å². The molecule has 0 N–H and O–H groups in total. The Morgan fingerprint density at radius 2 is 0.857 bits per heavy atom. The van der Waals surface area contributed by atoms with Gasteiger partial charge >= 0.3 is 0 Å². The predicted octanol–water partition coefficient (Wildman–Crippen LogP) is -1.25. The summed E-state index contributed by atoms with van der Waals surface area (Å²) in [6.45, 7) is 0. The summed E-state index contributed by atoms with van der Waals surface area (Å²) in [6.07, 6.45) is 0.